The Morgan fingerprint density at radius 2 is 0.392 bits per heavy atom. The number of carbonyl (C=O) groups excluding carboxylic acids is 6. The molecule has 0 spiro atoms. The van der Waals surface area contributed by atoms with E-state index in [1.54, 1.807) is 0 Å². The molecule has 6 heterocycles. The predicted molar refractivity (Wildman–Crippen MR) is 202 cm³/mol. The van der Waals surface area contributed by atoms with Crippen LogP contribution in [0.3, 0.4) is 0 Å². The molecule has 6 rings (SSSR count). The second-order valence-corrected chi connectivity index (χ2v) is 13.7. The van der Waals surface area contributed by atoms with Gasteiger partial charge >= 0.3 is 80.6 Å². The number of ether oxygens (including phenoxy) is 6. The minimum atomic E-state index is -1.46. The third kappa shape index (κ3) is 17.5. The van der Waals surface area contributed by atoms with E-state index in [-0.39, 0.29) is 44.8 Å². The Morgan fingerprint density at radius 1 is 0.297 bits per heavy atom. The molecular formula is C36H42MgO36Ti. The zero-order valence-electron chi connectivity index (χ0n) is 36.8. The summed E-state index contributed by atoms with van der Waals surface area (Å²) in [4.78, 5) is 62.8. The van der Waals surface area contributed by atoms with Gasteiger partial charge in [0.15, 0.2) is 36.6 Å². The van der Waals surface area contributed by atoms with Crippen LogP contribution in [0, 0.1) is 0 Å². The molecule has 0 saturated carbocycles. The van der Waals surface area contributed by atoms with Gasteiger partial charge in [0.2, 0.25) is 0 Å². The van der Waals surface area contributed by atoms with Gasteiger partial charge in [0.25, 0.3) is 0 Å². The molecule has 0 saturated heterocycles. The SMILES string of the molecule is O=C1O[C@H]([C@@H](O)CO)C(O)=C1[O-].O=C1O[C@H]([C@@H](O)CO)C(O)=C1[O-].O=C1O[C@H]([C@@H](O)CO)C(O)=C1[O-].O=C1O[C@H]([C@@H](O)CO)C(O)=C1[O-].O=C1O[C@H]([C@@H](O)CO)C(O)=C1[O-].O=C1O[C@H]([C@@H](O)CO)C(O)=C1[O-].[Mg+2].[Ti+4]. The maximum atomic E-state index is 10.6. The van der Waals surface area contributed by atoms with E-state index in [0.29, 0.717) is 0 Å². The molecule has 0 aromatic carbocycles. The largest absolute Gasteiger partial charge is 4.00 e. The molecule has 36 nitrogen and oxygen atoms in total. The molecule has 74 heavy (non-hydrogen) atoms. The molecule has 6 aliphatic rings. The molecule has 12 atom stereocenters. The van der Waals surface area contributed by atoms with E-state index in [1.165, 1.54) is 0 Å². The summed E-state index contributed by atoms with van der Waals surface area (Å²) >= 11 is 0. The third-order valence-electron chi connectivity index (χ3n) is 8.75. The van der Waals surface area contributed by atoms with Crippen molar-refractivity contribution < 1.29 is 201 Å². The van der Waals surface area contributed by atoms with Crippen molar-refractivity contribution in [3.63, 3.8) is 0 Å². The van der Waals surface area contributed by atoms with Crippen LogP contribution < -0.4 is 30.6 Å². The van der Waals surface area contributed by atoms with E-state index < -0.39 is 218 Å². The summed E-state index contributed by atoms with van der Waals surface area (Å²) in [5.41, 5.74) is 0. The Morgan fingerprint density at radius 3 is 0.446 bits per heavy atom. The Labute approximate surface area is 440 Å². The fraction of sp³-hybridized carbons (Fsp3) is 0.500. The maximum Gasteiger partial charge on any atom is 4.00 e. The van der Waals surface area contributed by atoms with Gasteiger partial charge in [0, 0.05) is 34.6 Å². The van der Waals surface area contributed by atoms with E-state index in [0.717, 1.165) is 0 Å². The predicted octanol–water partition coefficient (Wildman–Crippen LogP) is -16.0. The van der Waals surface area contributed by atoms with Crippen LogP contribution in [0.2, 0.25) is 0 Å². The third-order valence-corrected chi connectivity index (χ3v) is 8.75. The molecule has 38 heteroatoms. The van der Waals surface area contributed by atoms with Crippen LogP contribution in [0.4, 0.5) is 0 Å². The van der Waals surface area contributed by atoms with Crippen molar-refractivity contribution in [2.24, 2.45) is 0 Å². The van der Waals surface area contributed by atoms with Crippen LogP contribution in [0.15, 0.2) is 69.1 Å². The van der Waals surface area contributed by atoms with Crippen molar-refractivity contribution in [1.29, 1.82) is 0 Å². The van der Waals surface area contributed by atoms with Crippen LogP contribution in [0.5, 0.6) is 0 Å². The number of hydrogen-bond donors (Lipinski definition) is 18. The van der Waals surface area contributed by atoms with Gasteiger partial charge in [-0.25, -0.2) is 28.8 Å². The molecule has 0 aromatic heterocycles. The van der Waals surface area contributed by atoms with Crippen LogP contribution in [0.1, 0.15) is 0 Å². The first-order valence-corrected chi connectivity index (χ1v) is 19.1. The Kier molecular flexibility index (Phi) is 29.8. The van der Waals surface area contributed by atoms with Crippen LogP contribution >= 0.6 is 0 Å². The number of esters is 6. The van der Waals surface area contributed by atoms with Gasteiger partial charge in [-0.3, -0.25) is 0 Å². The van der Waals surface area contributed by atoms with Crippen molar-refractivity contribution in [3.8, 4) is 0 Å². The van der Waals surface area contributed by atoms with Crippen molar-refractivity contribution in [3.05, 3.63) is 69.1 Å². The average molecular weight is 1120 g/mol. The first-order valence-electron chi connectivity index (χ1n) is 19.1. The molecule has 6 aliphatic heterocycles. The standard InChI is InChI=1S/6C6H8O6.Mg.Ti/c6*7-1-2(8)5-3(9)4(10)6(11)12-5;;/h6*2,5,7-10H,1H2;;/q;;;;;;+2;+4/p-6/t6*2-,5+;;/m000000../s1. The zero-order chi connectivity index (χ0) is 55.8. The molecule has 0 bridgehead atoms. The number of aliphatic hydroxyl groups excluding tert-OH is 18. The van der Waals surface area contributed by atoms with Crippen molar-refractivity contribution >= 4 is 58.9 Å². The molecule has 0 aliphatic carbocycles. The zero-order valence-corrected chi connectivity index (χ0v) is 39.8. The summed E-state index contributed by atoms with van der Waals surface area (Å²) in [5, 5.41) is 221. The number of cyclic esters (lactones) is 6. The van der Waals surface area contributed by atoms with Crippen LogP contribution in [-0.2, 0) is 78.9 Å². The van der Waals surface area contributed by atoms with Gasteiger partial charge in [0.1, 0.15) is 71.2 Å². The molecule has 0 unspecified atom stereocenters. The first-order chi connectivity index (χ1) is 33.4. The molecule has 0 fully saturated rings. The molecular weight excluding hydrogens is 1080 g/mol. The fourth-order valence-corrected chi connectivity index (χ4v) is 4.89. The Hall–Kier alpha value is -6.14. The summed E-state index contributed by atoms with van der Waals surface area (Å²) < 4.78 is 25.5. The quantitative estimate of drug-likeness (QED) is 0.0490. The minimum absolute atomic E-state index is 0. The van der Waals surface area contributed by atoms with Crippen LogP contribution in [-0.4, -0.2) is 264 Å². The van der Waals surface area contributed by atoms with Crippen molar-refractivity contribution in [2.45, 2.75) is 73.2 Å². The van der Waals surface area contributed by atoms with Gasteiger partial charge in [-0.05, 0) is 0 Å². The number of hydrogen-bond acceptors (Lipinski definition) is 36. The molecule has 0 amide bonds. The summed E-state index contributed by atoms with van der Waals surface area (Å²) in [7, 11) is 0. The normalized spacial score (nSPS) is 25.1. The Bertz CT molecular complexity index is 1800. The van der Waals surface area contributed by atoms with Crippen molar-refractivity contribution in [1.82, 2.24) is 0 Å². The minimum Gasteiger partial charge on any atom is -0.865 e. The molecule has 408 valence electrons. The fourth-order valence-electron chi connectivity index (χ4n) is 4.89. The topological polar surface area (TPSA) is 660 Å². The van der Waals surface area contributed by atoms with E-state index in [1.807, 2.05) is 0 Å². The first kappa shape index (κ1) is 69.9. The maximum absolute atomic E-state index is 10.6. The second kappa shape index (κ2) is 31.6. The molecule has 0 radical (unpaired) electrons. The van der Waals surface area contributed by atoms with E-state index in [2.05, 4.69) is 28.4 Å². The number of carbonyl (C=O) groups is 6. The average Bonchev–Trinajstić information content (AvgIpc) is 4.13. The number of rotatable bonds is 12. The van der Waals surface area contributed by atoms with Crippen LogP contribution in [0.25, 0.3) is 0 Å². The van der Waals surface area contributed by atoms with E-state index in [9.17, 15) is 59.4 Å². The Balaban J connectivity index is 0. The smallest absolute Gasteiger partial charge is 0.865 e. The van der Waals surface area contributed by atoms with Gasteiger partial charge in [-0.15, -0.1) is 0 Å². The van der Waals surface area contributed by atoms with Crippen molar-refractivity contribution in [2.75, 3.05) is 39.6 Å². The monoisotopic (exact) mass is 1120 g/mol. The summed E-state index contributed by atoms with van der Waals surface area (Å²) in [6, 6.07) is 0. The summed E-state index contributed by atoms with van der Waals surface area (Å²) in [6.45, 7) is -4.19. The van der Waals surface area contributed by atoms with E-state index in [4.69, 9.17) is 91.9 Å². The summed E-state index contributed by atoms with van der Waals surface area (Å²) in [6.07, 6.45) is -17.3. The molecule has 18 N–H and O–H groups in total. The summed E-state index contributed by atoms with van der Waals surface area (Å²) in [5.74, 6) is -19.5. The second-order valence-electron chi connectivity index (χ2n) is 13.7. The van der Waals surface area contributed by atoms with Gasteiger partial charge in [0.05, 0.1) is 39.6 Å². The van der Waals surface area contributed by atoms with E-state index >= 15 is 0 Å². The van der Waals surface area contributed by atoms with Gasteiger partial charge < -0.3 is 151 Å². The molecule has 0 aromatic rings. The van der Waals surface area contributed by atoms with Gasteiger partial charge in [-0.2, -0.15) is 0 Å². The van der Waals surface area contributed by atoms with Gasteiger partial charge in [-0.1, -0.05) is 0 Å². The number of aliphatic hydroxyl groups is 18.